The summed E-state index contributed by atoms with van der Waals surface area (Å²) in [6.45, 7) is 5.51. The van der Waals surface area contributed by atoms with Gasteiger partial charge in [0.1, 0.15) is 10.7 Å². The zero-order valence-corrected chi connectivity index (χ0v) is 15.9. The second kappa shape index (κ2) is 7.63. The van der Waals surface area contributed by atoms with Crippen LogP contribution in [0.15, 0.2) is 53.6 Å². The molecule has 0 spiro atoms. The van der Waals surface area contributed by atoms with E-state index >= 15 is 0 Å². The fourth-order valence-corrected chi connectivity index (χ4v) is 4.60. The lowest BCUT2D eigenvalue weighted by molar-refractivity contribution is 0.102. The van der Waals surface area contributed by atoms with Crippen LogP contribution in [-0.2, 0) is 10.0 Å². The molecule has 3 rings (SSSR count). The molecule has 0 bridgehead atoms. The average Bonchev–Trinajstić information content (AvgIpc) is 2.65. The molecule has 1 aliphatic rings. The van der Waals surface area contributed by atoms with Crippen LogP contribution in [0.3, 0.4) is 0 Å². The maximum atomic E-state index is 13.0. The lowest BCUT2D eigenvalue weighted by atomic mass is 9.96. The van der Waals surface area contributed by atoms with E-state index in [1.165, 1.54) is 10.5 Å². The molecular weight excluding hydrogens is 350 g/mol. The van der Waals surface area contributed by atoms with E-state index < -0.39 is 10.0 Å². The summed E-state index contributed by atoms with van der Waals surface area (Å²) in [4.78, 5) is 6.51. The lowest BCUT2D eigenvalue weighted by Crippen LogP contribution is -2.43. The van der Waals surface area contributed by atoms with Crippen LogP contribution in [-0.4, -0.2) is 44.2 Å². The van der Waals surface area contributed by atoms with Crippen molar-refractivity contribution in [1.29, 1.82) is 0 Å². The van der Waals surface area contributed by atoms with Crippen LogP contribution in [0, 0.1) is 5.92 Å². The van der Waals surface area contributed by atoms with E-state index in [2.05, 4.69) is 4.98 Å². The van der Waals surface area contributed by atoms with Crippen LogP contribution < -0.4 is 9.21 Å². The molecule has 0 radical (unpaired) electrons. The van der Waals surface area contributed by atoms with Gasteiger partial charge in [-0.1, -0.05) is 25.1 Å². The van der Waals surface area contributed by atoms with Gasteiger partial charge in [-0.05, 0) is 43.5 Å². The number of rotatable bonds is 5. The van der Waals surface area contributed by atoms with Crippen LogP contribution >= 0.6 is 0 Å². The van der Waals surface area contributed by atoms with Crippen molar-refractivity contribution in [2.75, 3.05) is 28.8 Å². The Morgan fingerprint density at radius 3 is 2.54 bits per heavy atom. The molecule has 2 heterocycles. The van der Waals surface area contributed by atoms with E-state index in [0.717, 1.165) is 13.0 Å². The summed E-state index contributed by atoms with van der Waals surface area (Å²) in [5.41, 5.74) is 0.632. The molecule has 0 amide bonds. The summed E-state index contributed by atoms with van der Waals surface area (Å²) < 4.78 is 27.3. The number of nitrogens with zero attached hydrogens (tertiary/aromatic N) is 3. The van der Waals surface area contributed by atoms with Crippen molar-refractivity contribution in [3.05, 3.63) is 48.7 Å². The van der Waals surface area contributed by atoms with Gasteiger partial charge in [0.25, 0.3) is 10.0 Å². The molecule has 26 heavy (non-hydrogen) atoms. The molecule has 6 nitrogen and oxygen atoms in total. The van der Waals surface area contributed by atoms with Crippen LogP contribution in [0.2, 0.25) is 0 Å². The minimum atomic E-state index is -3.67. The van der Waals surface area contributed by atoms with Crippen molar-refractivity contribution in [1.82, 2.24) is 4.98 Å². The second-order valence-electron chi connectivity index (χ2n) is 6.64. The van der Waals surface area contributed by atoms with Crippen LogP contribution in [0.4, 0.5) is 11.5 Å². The highest BCUT2D eigenvalue weighted by Gasteiger charge is 2.27. The van der Waals surface area contributed by atoms with Crippen molar-refractivity contribution in [2.45, 2.75) is 31.3 Å². The maximum Gasteiger partial charge on any atom is 0.265 e. The minimum absolute atomic E-state index is 0.165. The largest absolute Gasteiger partial charge is 0.391 e. The predicted molar refractivity (Wildman–Crippen MR) is 103 cm³/mol. The first kappa shape index (κ1) is 18.7. The molecule has 1 saturated heterocycles. The van der Waals surface area contributed by atoms with E-state index in [1.807, 2.05) is 36.9 Å². The number of benzene rings is 1. The van der Waals surface area contributed by atoms with Crippen molar-refractivity contribution in [3.63, 3.8) is 0 Å². The van der Waals surface area contributed by atoms with Crippen molar-refractivity contribution < 1.29 is 13.5 Å². The van der Waals surface area contributed by atoms with Crippen LogP contribution in [0.1, 0.15) is 20.3 Å². The SMILES string of the molecule is CCN(c1ccccc1)S(=O)(=O)c1ccc(N2CCC(C)C(O)C2)nc1. The first-order valence-electron chi connectivity index (χ1n) is 8.90. The number of para-hydroxylation sites is 1. The minimum Gasteiger partial charge on any atom is -0.391 e. The Balaban J connectivity index is 1.83. The fourth-order valence-electron chi connectivity index (χ4n) is 3.18. The Morgan fingerprint density at radius 2 is 1.96 bits per heavy atom. The van der Waals surface area contributed by atoms with E-state index in [1.54, 1.807) is 24.3 Å². The highest BCUT2D eigenvalue weighted by Crippen LogP contribution is 2.25. The number of hydrogen-bond acceptors (Lipinski definition) is 5. The second-order valence-corrected chi connectivity index (χ2v) is 8.50. The molecule has 0 saturated carbocycles. The van der Waals surface area contributed by atoms with Crippen LogP contribution in [0.25, 0.3) is 0 Å². The molecule has 2 aromatic rings. The third kappa shape index (κ3) is 3.68. The van der Waals surface area contributed by atoms with E-state index in [-0.39, 0.29) is 16.9 Å². The number of aliphatic hydroxyl groups is 1. The monoisotopic (exact) mass is 375 g/mol. The highest BCUT2D eigenvalue weighted by atomic mass is 32.2. The van der Waals surface area contributed by atoms with Gasteiger partial charge in [0, 0.05) is 25.8 Å². The molecule has 1 aromatic heterocycles. The third-order valence-electron chi connectivity index (χ3n) is 4.88. The molecule has 2 atom stereocenters. The molecule has 1 aromatic carbocycles. The number of β-amino-alcohol motifs (C(OH)–C–C–N with tert-alkyl or cyclic N) is 1. The maximum absolute atomic E-state index is 13.0. The molecule has 1 N–H and O–H groups in total. The summed E-state index contributed by atoms with van der Waals surface area (Å²) in [6.07, 6.45) is 1.91. The smallest absolute Gasteiger partial charge is 0.265 e. The first-order chi connectivity index (χ1) is 12.4. The van der Waals surface area contributed by atoms with Gasteiger partial charge in [-0.25, -0.2) is 13.4 Å². The Hall–Kier alpha value is -2.12. The number of piperidine rings is 1. The quantitative estimate of drug-likeness (QED) is 0.869. The number of aromatic nitrogens is 1. The van der Waals surface area contributed by atoms with E-state index in [9.17, 15) is 13.5 Å². The average molecular weight is 375 g/mol. The zero-order valence-electron chi connectivity index (χ0n) is 15.1. The molecule has 7 heteroatoms. The number of aliphatic hydroxyl groups excluding tert-OH is 1. The summed E-state index contributed by atoms with van der Waals surface area (Å²) in [5.74, 6) is 0.965. The van der Waals surface area contributed by atoms with Crippen LogP contribution in [0.5, 0.6) is 0 Å². The first-order valence-corrected chi connectivity index (χ1v) is 10.3. The van der Waals surface area contributed by atoms with Crippen molar-refractivity contribution >= 4 is 21.5 Å². The molecule has 1 aliphatic heterocycles. The normalized spacial score (nSPS) is 20.8. The summed E-state index contributed by atoms with van der Waals surface area (Å²) >= 11 is 0. The fraction of sp³-hybridized carbons (Fsp3) is 0.421. The number of sulfonamides is 1. The molecular formula is C19H25N3O3S. The van der Waals surface area contributed by atoms with Gasteiger partial charge in [-0.3, -0.25) is 4.31 Å². The Labute approximate surface area is 155 Å². The van der Waals surface area contributed by atoms with E-state index in [4.69, 9.17) is 0 Å². The molecule has 1 fully saturated rings. The Morgan fingerprint density at radius 1 is 1.23 bits per heavy atom. The van der Waals surface area contributed by atoms with Gasteiger partial charge in [0.2, 0.25) is 0 Å². The lowest BCUT2D eigenvalue weighted by Gasteiger charge is -2.35. The summed E-state index contributed by atoms with van der Waals surface area (Å²) in [6, 6.07) is 12.4. The van der Waals surface area contributed by atoms with Crippen molar-refractivity contribution in [3.8, 4) is 0 Å². The highest BCUT2D eigenvalue weighted by molar-refractivity contribution is 7.92. The predicted octanol–water partition coefficient (Wildman–Crippen LogP) is 2.50. The number of hydrogen-bond donors (Lipinski definition) is 1. The Kier molecular flexibility index (Phi) is 5.48. The zero-order chi connectivity index (χ0) is 18.7. The number of pyridine rings is 1. The topological polar surface area (TPSA) is 73.7 Å². The van der Waals surface area contributed by atoms with Gasteiger partial charge in [-0.2, -0.15) is 0 Å². The summed E-state index contributed by atoms with van der Waals surface area (Å²) in [7, 11) is -3.67. The standard InChI is InChI=1S/C19H25N3O3S/c1-3-22(16-7-5-4-6-8-16)26(24,25)17-9-10-19(20-13-17)21-12-11-15(2)18(23)14-21/h4-10,13,15,18,23H,3,11-12,14H2,1-2H3. The molecule has 0 aliphatic carbocycles. The van der Waals surface area contributed by atoms with Crippen molar-refractivity contribution in [2.24, 2.45) is 5.92 Å². The van der Waals surface area contributed by atoms with Gasteiger partial charge in [-0.15, -0.1) is 0 Å². The van der Waals surface area contributed by atoms with Gasteiger partial charge >= 0.3 is 0 Å². The van der Waals surface area contributed by atoms with Gasteiger partial charge in [0.15, 0.2) is 0 Å². The van der Waals surface area contributed by atoms with Gasteiger partial charge < -0.3 is 10.0 Å². The van der Waals surface area contributed by atoms with E-state index in [0.29, 0.717) is 24.6 Å². The molecule has 140 valence electrons. The van der Waals surface area contributed by atoms with Gasteiger partial charge in [0.05, 0.1) is 11.8 Å². The summed E-state index contributed by atoms with van der Waals surface area (Å²) in [5, 5.41) is 10.1. The Bertz CT molecular complexity index is 825. The molecule has 2 unspecified atom stereocenters. The third-order valence-corrected chi connectivity index (χ3v) is 6.77. The number of anilines is 2.